The lowest BCUT2D eigenvalue weighted by molar-refractivity contribution is 0.282. The summed E-state index contributed by atoms with van der Waals surface area (Å²) >= 11 is 0. The Morgan fingerprint density at radius 3 is 2.74 bits per heavy atom. The van der Waals surface area contributed by atoms with Crippen LogP contribution in [-0.2, 0) is 13.2 Å². The average Bonchev–Trinajstić information content (AvgIpc) is 3.08. The second-order valence-electron chi connectivity index (χ2n) is 5.87. The van der Waals surface area contributed by atoms with Gasteiger partial charge in [-0.15, -0.1) is 0 Å². The predicted molar refractivity (Wildman–Crippen MR) is 92.8 cm³/mol. The van der Waals surface area contributed by atoms with E-state index in [2.05, 4.69) is 15.0 Å². The highest BCUT2D eigenvalue weighted by Crippen LogP contribution is 2.24. The standard InChI is InChI=1S/C19H14F2N4O2/c20-14-1-2-18(12(3-14)10-26)13-5-23-19-24-16(9-25(19)8-13)11-27-17-4-15(21)6-22-7-17/h1-9,26H,10-11H2. The zero-order valence-electron chi connectivity index (χ0n) is 14.0. The van der Waals surface area contributed by atoms with Gasteiger partial charge in [-0.05, 0) is 23.3 Å². The van der Waals surface area contributed by atoms with E-state index in [0.717, 1.165) is 6.20 Å². The van der Waals surface area contributed by atoms with E-state index in [1.165, 1.54) is 24.4 Å². The van der Waals surface area contributed by atoms with E-state index < -0.39 is 11.6 Å². The van der Waals surface area contributed by atoms with Gasteiger partial charge in [-0.3, -0.25) is 9.38 Å². The Labute approximate surface area is 152 Å². The summed E-state index contributed by atoms with van der Waals surface area (Å²) in [4.78, 5) is 12.4. The van der Waals surface area contributed by atoms with Gasteiger partial charge in [-0.2, -0.15) is 0 Å². The fraction of sp³-hybridized carbons (Fsp3) is 0.105. The van der Waals surface area contributed by atoms with Crippen molar-refractivity contribution < 1.29 is 18.6 Å². The van der Waals surface area contributed by atoms with Gasteiger partial charge < -0.3 is 9.84 Å². The first-order chi connectivity index (χ1) is 13.1. The Balaban J connectivity index is 1.60. The van der Waals surface area contributed by atoms with Crippen molar-refractivity contribution >= 4 is 5.78 Å². The van der Waals surface area contributed by atoms with Gasteiger partial charge in [0.2, 0.25) is 5.78 Å². The van der Waals surface area contributed by atoms with Crippen LogP contribution in [0.3, 0.4) is 0 Å². The normalized spacial score (nSPS) is 11.1. The summed E-state index contributed by atoms with van der Waals surface area (Å²) in [7, 11) is 0. The van der Waals surface area contributed by atoms with Crippen molar-refractivity contribution in [2.45, 2.75) is 13.2 Å². The number of ether oxygens (including phenoxy) is 1. The number of fused-ring (bicyclic) bond motifs is 1. The Bertz CT molecular complexity index is 1110. The van der Waals surface area contributed by atoms with Gasteiger partial charge in [0.25, 0.3) is 0 Å². The molecular weight excluding hydrogens is 354 g/mol. The van der Waals surface area contributed by atoms with Gasteiger partial charge in [0.15, 0.2) is 0 Å². The third-order valence-corrected chi connectivity index (χ3v) is 3.98. The van der Waals surface area contributed by atoms with Gasteiger partial charge in [0.05, 0.1) is 24.7 Å². The SMILES string of the molecule is OCc1cc(F)ccc1-c1cnc2nc(COc3cncc(F)c3)cn2c1. The molecule has 0 unspecified atom stereocenters. The third kappa shape index (κ3) is 3.61. The van der Waals surface area contributed by atoms with Crippen LogP contribution in [0.1, 0.15) is 11.3 Å². The number of hydrogen-bond donors (Lipinski definition) is 1. The van der Waals surface area contributed by atoms with Crippen LogP contribution in [0.2, 0.25) is 0 Å². The minimum Gasteiger partial charge on any atom is -0.486 e. The third-order valence-electron chi connectivity index (χ3n) is 3.98. The second kappa shape index (κ2) is 7.08. The van der Waals surface area contributed by atoms with Crippen molar-refractivity contribution in [1.29, 1.82) is 0 Å². The molecule has 0 aliphatic carbocycles. The maximum atomic E-state index is 13.4. The van der Waals surface area contributed by atoms with Crippen LogP contribution >= 0.6 is 0 Å². The van der Waals surface area contributed by atoms with Crippen LogP contribution in [0.15, 0.2) is 55.2 Å². The molecule has 6 nitrogen and oxygen atoms in total. The summed E-state index contributed by atoms with van der Waals surface area (Å²) < 4.78 is 33.7. The number of imidazole rings is 1. The summed E-state index contributed by atoms with van der Waals surface area (Å²) in [6.07, 6.45) is 7.64. The molecule has 0 atom stereocenters. The highest BCUT2D eigenvalue weighted by atomic mass is 19.1. The molecule has 27 heavy (non-hydrogen) atoms. The van der Waals surface area contributed by atoms with Crippen molar-refractivity contribution in [3.8, 4) is 16.9 Å². The molecule has 1 aromatic carbocycles. The fourth-order valence-corrected chi connectivity index (χ4v) is 2.75. The number of aliphatic hydroxyl groups excluding tert-OH is 1. The van der Waals surface area contributed by atoms with Gasteiger partial charge in [-0.1, -0.05) is 6.07 Å². The number of rotatable bonds is 5. The van der Waals surface area contributed by atoms with Crippen molar-refractivity contribution in [1.82, 2.24) is 19.4 Å². The van der Waals surface area contributed by atoms with Crippen molar-refractivity contribution in [2.75, 3.05) is 0 Å². The maximum Gasteiger partial charge on any atom is 0.234 e. The van der Waals surface area contributed by atoms with Gasteiger partial charge in [0.1, 0.15) is 24.0 Å². The fourth-order valence-electron chi connectivity index (χ4n) is 2.75. The molecule has 0 radical (unpaired) electrons. The van der Waals surface area contributed by atoms with Gasteiger partial charge in [0, 0.05) is 30.2 Å². The highest BCUT2D eigenvalue weighted by Gasteiger charge is 2.10. The first-order valence-corrected chi connectivity index (χ1v) is 8.09. The molecule has 1 N–H and O–H groups in total. The summed E-state index contributed by atoms with van der Waals surface area (Å²) in [5, 5.41) is 9.46. The molecule has 0 amide bonds. The van der Waals surface area contributed by atoms with Crippen LogP contribution < -0.4 is 4.74 Å². The molecule has 0 fully saturated rings. The lowest BCUT2D eigenvalue weighted by Gasteiger charge is -2.07. The zero-order valence-corrected chi connectivity index (χ0v) is 14.0. The van der Waals surface area contributed by atoms with Gasteiger partial charge >= 0.3 is 0 Å². The number of halogens is 2. The van der Waals surface area contributed by atoms with Crippen LogP contribution in [0.25, 0.3) is 16.9 Å². The molecule has 0 aliphatic heterocycles. The smallest absolute Gasteiger partial charge is 0.234 e. The lowest BCUT2D eigenvalue weighted by Crippen LogP contribution is -1.96. The molecular formula is C19H14F2N4O2. The maximum absolute atomic E-state index is 13.4. The van der Waals surface area contributed by atoms with E-state index in [-0.39, 0.29) is 13.2 Å². The second-order valence-corrected chi connectivity index (χ2v) is 5.87. The van der Waals surface area contributed by atoms with Crippen LogP contribution in [0.5, 0.6) is 5.75 Å². The topological polar surface area (TPSA) is 72.5 Å². The Morgan fingerprint density at radius 1 is 1.04 bits per heavy atom. The number of benzene rings is 1. The van der Waals surface area contributed by atoms with Crippen molar-refractivity contribution in [3.05, 3.63) is 78.1 Å². The van der Waals surface area contributed by atoms with E-state index in [0.29, 0.717) is 33.9 Å². The van der Waals surface area contributed by atoms with Crippen LogP contribution in [-0.4, -0.2) is 24.5 Å². The van der Waals surface area contributed by atoms with Crippen molar-refractivity contribution in [3.63, 3.8) is 0 Å². The molecule has 3 heterocycles. The van der Waals surface area contributed by atoms with E-state index in [1.54, 1.807) is 29.1 Å². The Morgan fingerprint density at radius 2 is 1.93 bits per heavy atom. The van der Waals surface area contributed by atoms with Crippen LogP contribution in [0.4, 0.5) is 8.78 Å². The quantitative estimate of drug-likeness (QED) is 0.586. The first-order valence-electron chi connectivity index (χ1n) is 8.09. The molecule has 0 bridgehead atoms. The van der Waals surface area contributed by atoms with Crippen molar-refractivity contribution in [2.24, 2.45) is 0 Å². The number of aromatic nitrogens is 4. The number of hydrogen-bond acceptors (Lipinski definition) is 5. The Kier molecular flexibility index (Phi) is 4.47. The molecule has 0 aliphatic rings. The number of nitrogens with zero attached hydrogens (tertiary/aromatic N) is 4. The molecule has 0 saturated heterocycles. The van der Waals surface area contributed by atoms with E-state index in [9.17, 15) is 13.9 Å². The monoisotopic (exact) mass is 368 g/mol. The molecule has 4 aromatic rings. The highest BCUT2D eigenvalue weighted by molar-refractivity contribution is 5.66. The van der Waals surface area contributed by atoms with E-state index in [4.69, 9.17) is 4.74 Å². The molecule has 3 aromatic heterocycles. The van der Waals surface area contributed by atoms with Gasteiger partial charge in [-0.25, -0.2) is 18.7 Å². The molecule has 8 heteroatoms. The minimum atomic E-state index is -0.479. The zero-order chi connectivity index (χ0) is 18.8. The summed E-state index contributed by atoms with van der Waals surface area (Å²) in [5.74, 6) is -0.125. The number of pyridine rings is 1. The largest absolute Gasteiger partial charge is 0.486 e. The Hall–Kier alpha value is -3.39. The summed E-state index contributed by atoms with van der Waals surface area (Å²) in [6.45, 7) is -0.155. The van der Waals surface area contributed by atoms with E-state index in [1.807, 2.05) is 0 Å². The summed E-state index contributed by atoms with van der Waals surface area (Å²) in [6, 6.07) is 5.46. The molecule has 136 valence electrons. The van der Waals surface area contributed by atoms with E-state index >= 15 is 0 Å². The molecule has 0 spiro atoms. The van der Waals surface area contributed by atoms with Crippen LogP contribution in [0, 0.1) is 11.6 Å². The molecule has 4 rings (SSSR count). The molecule has 0 saturated carbocycles. The number of aliphatic hydroxyl groups is 1. The first kappa shape index (κ1) is 17.0. The predicted octanol–water partition coefficient (Wildman–Crippen LogP) is 3.14. The summed E-state index contributed by atoms with van der Waals surface area (Å²) in [5.41, 5.74) is 2.47. The lowest BCUT2D eigenvalue weighted by atomic mass is 10.0. The average molecular weight is 368 g/mol. The minimum absolute atomic E-state index is 0.127.